The van der Waals surface area contributed by atoms with E-state index in [0.29, 0.717) is 12.1 Å². The quantitative estimate of drug-likeness (QED) is 0.504. The van der Waals surface area contributed by atoms with E-state index in [4.69, 9.17) is 4.79 Å². The van der Waals surface area contributed by atoms with Crippen LogP contribution in [0.1, 0.15) is 21.7 Å². The Hall–Kier alpha value is -3.43. The van der Waals surface area contributed by atoms with Crippen LogP contribution >= 0.6 is 0 Å². The zero-order chi connectivity index (χ0) is 21.2. The van der Waals surface area contributed by atoms with Gasteiger partial charge in [-0.15, -0.1) is 0 Å². The smallest absolute Gasteiger partial charge is 0.358 e. The summed E-state index contributed by atoms with van der Waals surface area (Å²) in [6.45, 7) is 2.60. The number of hydrogen-bond donors (Lipinski definition) is 2. The normalized spacial score (nSPS) is 13.2. The van der Waals surface area contributed by atoms with Gasteiger partial charge in [0.15, 0.2) is 0 Å². The highest BCUT2D eigenvalue weighted by molar-refractivity contribution is 5.97. The van der Waals surface area contributed by atoms with Crippen LogP contribution in [-0.4, -0.2) is 39.7 Å². The zero-order valence-electron chi connectivity index (χ0n) is 15.2. The Kier molecular flexibility index (Phi) is 5.53. The highest BCUT2D eigenvalue weighted by Crippen LogP contribution is 2.27. The van der Waals surface area contributed by atoms with E-state index >= 15 is 0 Å². The molecule has 1 amide bonds. The lowest BCUT2D eigenvalue weighted by atomic mass is 10.1. The van der Waals surface area contributed by atoms with Gasteiger partial charge in [0.1, 0.15) is 5.82 Å². The number of nitrogens with zero attached hydrogens (tertiary/aromatic N) is 2. The third-order valence-electron chi connectivity index (χ3n) is 4.31. The monoisotopic (exact) mass is 408 g/mol. The van der Waals surface area contributed by atoms with Crippen molar-refractivity contribution in [3.8, 4) is 16.9 Å². The first kappa shape index (κ1) is 20.3. The van der Waals surface area contributed by atoms with E-state index in [1.54, 1.807) is 23.0 Å². The fraction of sp³-hybridized carbons (Fsp3) is 0.211. The van der Waals surface area contributed by atoms with Gasteiger partial charge in [0.2, 0.25) is 6.29 Å². The Morgan fingerprint density at radius 1 is 1.17 bits per heavy atom. The number of aldehydes is 1. The number of carbonyl (C=O) groups excluding carboxylic acids is 2. The number of halogens is 4. The topological polar surface area (TPSA) is 79.8 Å². The summed E-state index contributed by atoms with van der Waals surface area (Å²) >= 11 is 0. The van der Waals surface area contributed by atoms with Crippen molar-refractivity contribution in [2.45, 2.75) is 19.5 Å². The number of aromatic amines is 1. The molecule has 2 aromatic heterocycles. The van der Waals surface area contributed by atoms with E-state index in [1.165, 1.54) is 12.1 Å². The number of rotatable bonds is 2. The molecule has 4 rings (SSSR count). The number of H-pyrrole nitrogens is 1. The number of fused-ring (bicyclic) bond motifs is 1. The van der Waals surface area contributed by atoms with E-state index in [-0.39, 0.29) is 11.7 Å². The fourth-order valence-electron chi connectivity index (χ4n) is 2.96. The first-order valence-corrected chi connectivity index (χ1v) is 8.53. The van der Waals surface area contributed by atoms with Crippen molar-refractivity contribution < 1.29 is 27.2 Å². The molecule has 152 valence electrons. The molecular formula is C19H16F4N4O2. The Balaban J connectivity index is 0.000000353. The van der Waals surface area contributed by atoms with E-state index < -0.39 is 12.5 Å². The third-order valence-corrected chi connectivity index (χ3v) is 4.31. The number of alkyl halides is 3. The van der Waals surface area contributed by atoms with Gasteiger partial charge < -0.3 is 10.3 Å². The summed E-state index contributed by atoms with van der Waals surface area (Å²) in [6, 6.07) is 8.06. The molecule has 29 heavy (non-hydrogen) atoms. The molecule has 0 spiro atoms. The maximum Gasteiger partial charge on any atom is 0.446 e. The highest BCUT2D eigenvalue weighted by atomic mass is 19.4. The minimum Gasteiger partial charge on any atom is -0.358 e. The maximum atomic E-state index is 13.1. The van der Waals surface area contributed by atoms with Gasteiger partial charge in [-0.2, -0.15) is 18.3 Å². The molecular weight excluding hydrogens is 392 g/mol. The van der Waals surface area contributed by atoms with Gasteiger partial charge in [0.05, 0.1) is 23.1 Å². The number of benzene rings is 1. The number of hydrogen-bond acceptors (Lipinski definition) is 3. The second kappa shape index (κ2) is 7.90. The number of aromatic nitrogens is 3. The molecule has 0 unspecified atom stereocenters. The van der Waals surface area contributed by atoms with E-state index in [0.717, 1.165) is 34.8 Å². The van der Waals surface area contributed by atoms with Gasteiger partial charge in [-0.25, -0.2) is 9.07 Å². The predicted octanol–water partition coefficient (Wildman–Crippen LogP) is 3.35. The molecule has 1 aromatic carbocycles. The Morgan fingerprint density at radius 3 is 2.41 bits per heavy atom. The van der Waals surface area contributed by atoms with Crippen LogP contribution in [0.25, 0.3) is 16.9 Å². The second-order valence-electron chi connectivity index (χ2n) is 6.27. The zero-order valence-corrected chi connectivity index (χ0v) is 15.2. The molecule has 10 heteroatoms. The van der Waals surface area contributed by atoms with Crippen LogP contribution in [-0.2, 0) is 11.2 Å². The van der Waals surface area contributed by atoms with Crippen LogP contribution in [0.15, 0.2) is 36.5 Å². The van der Waals surface area contributed by atoms with Crippen molar-refractivity contribution in [3.63, 3.8) is 0 Å². The summed E-state index contributed by atoms with van der Waals surface area (Å²) < 4.78 is 46.1. The van der Waals surface area contributed by atoms with E-state index in [2.05, 4.69) is 15.4 Å². The molecule has 0 radical (unpaired) electrons. The molecule has 0 atom stereocenters. The summed E-state index contributed by atoms with van der Waals surface area (Å²) in [7, 11) is 0. The molecule has 0 aliphatic carbocycles. The lowest BCUT2D eigenvalue weighted by Crippen LogP contribution is -2.31. The molecule has 0 saturated heterocycles. The Labute approximate surface area is 162 Å². The summed E-state index contributed by atoms with van der Waals surface area (Å²) in [5, 5.41) is 7.23. The summed E-state index contributed by atoms with van der Waals surface area (Å²) in [5.41, 5.74) is 5.17. The minimum atomic E-state index is -4.64. The van der Waals surface area contributed by atoms with Gasteiger partial charge in [0.25, 0.3) is 5.91 Å². The predicted molar refractivity (Wildman–Crippen MR) is 96.2 cm³/mol. The van der Waals surface area contributed by atoms with Gasteiger partial charge in [-0.05, 0) is 37.3 Å². The average Bonchev–Trinajstić information content (AvgIpc) is 3.27. The Bertz CT molecular complexity index is 1040. The second-order valence-corrected chi connectivity index (χ2v) is 6.27. The van der Waals surface area contributed by atoms with Crippen LogP contribution in [0.5, 0.6) is 0 Å². The molecule has 1 aliphatic heterocycles. The average molecular weight is 408 g/mol. The number of amides is 1. The Morgan fingerprint density at radius 2 is 1.83 bits per heavy atom. The molecule has 0 fully saturated rings. The lowest BCUT2D eigenvalue weighted by Gasteiger charge is -2.10. The molecule has 3 heterocycles. The molecule has 1 aliphatic rings. The van der Waals surface area contributed by atoms with Crippen molar-refractivity contribution in [3.05, 3.63) is 59.3 Å². The van der Waals surface area contributed by atoms with Crippen LogP contribution in [0, 0.1) is 12.7 Å². The highest BCUT2D eigenvalue weighted by Gasteiger charge is 2.25. The minimum absolute atomic E-state index is 0.0441. The molecule has 0 saturated carbocycles. The van der Waals surface area contributed by atoms with Crippen LogP contribution < -0.4 is 5.32 Å². The summed E-state index contributed by atoms with van der Waals surface area (Å²) in [6.07, 6.45) is -3.15. The molecule has 6 nitrogen and oxygen atoms in total. The lowest BCUT2D eigenvalue weighted by molar-refractivity contribution is -0.156. The van der Waals surface area contributed by atoms with Gasteiger partial charge in [0, 0.05) is 29.9 Å². The SMILES string of the molecule is Cc1c(-c2cc3c([nH]2)CCNC3=O)cnn1-c1ccc(F)cc1.O=CC(F)(F)F. The first-order valence-electron chi connectivity index (χ1n) is 8.53. The summed E-state index contributed by atoms with van der Waals surface area (Å²) in [4.78, 5) is 23.9. The van der Waals surface area contributed by atoms with E-state index in [9.17, 15) is 22.4 Å². The van der Waals surface area contributed by atoms with Crippen molar-refractivity contribution in [1.82, 2.24) is 20.1 Å². The fourth-order valence-corrected chi connectivity index (χ4v) is 2.96. The number of carbonyl (C=O) groups is 2. The molecule has 3 aromatic rings. The van der Waals surface area contributed by atoms with E-state index in [1.807, 2.05) is 13.0 Å². The molecule has 0 bridgehead atoms. The summed E-state index contributed by atoms with van der Waals surface area (Å²) in [5.74, 6) is -0.320. The molecule has 2 N–H and O–H groups in total. The van der Waals surface area contributed by atoms with Gasteiger partial charge in [-0.3, -0.25) is 9.59 Å². The van der Waals surface area contributed by atoms with Gasteiger partial charge in [-0.1, -0.05) is 0 Å². The number of nitrogens with one attached hydrogen (secondary N) is 2. The third kappa shape index (κ3) is 4.53. The van der Waals surface area contributed by atoms with Crippen LogP contribution in [0.2, 0.25) is 0 Å². The van der Waals surface area contributed by atoms with Crippen LogP contribution in [0.3, 0.4) is 0 Å². The van der Waals surface area contributed by atoms with Crippen molar-refractivity contribution >= 4 is 12.2 Å². The van der Waals surface area contributed by atoms with Crippen molar-refractivity contribution in [2.24, 2.45) is 0 Å². The van der Waals surface area contributed by atoms with Crippen LogP contribution in [0.4, 0.5) is 17.6 Å². The largest absolute Gasteiger partial charge is 0.446 e. The van der Waals surface area contributed by atoms with Crippen molar-refractivity contribution in [2.75, 3.05) is 6.54 Å². The van der Waals surface area contributed by atoms with Gasteiger partial charge >= 0.3 is 6.18 Å². The maximum absolute atomic E-state index is 13.1. The van der Waals surface area contributed by atoms with Crippen molar-refractivity contribution in [1.29, 1.82) is 0 Å². The standard InChI is InChI=1S/C17H15FN4O.C2HF3O/c1-10-14(9-20-22(10)12-4-2-11(18)3-5-12)16-8-13-15(21-16)6-7-19-17(13)23;3-2(4,5)1-6/h2-5,8-9,21H,6-7H2,1H3,(H,19,23);1H. The first-order chi connectivity index (χ1) is 13.7.